The van der Waals surface area contributed by atoms with E-state index in [4.69, 9.17) is 0 Å². The highest BCUT2D eigenvalue weighted by atomic mass is 32.2. The van der Waals surface area contributed by atoms with E-state index in [-0.39, 0.29) is 29.5 Å². The molecule has 0 saturated heterocycles. The number of carbonyl (C=O) groups excluding carboxylic acids is 3. The van der Waals surface area contributed by atoms with Gasteiger partial charge in [0.15, 0.2) is 11.6 Å². The number of fused-ring (bicyclic) bond motifs is 2. The maximum Gasteiger partial charge on any atom is 0.228 e. The molecule has 5 heteroatoms. The topological polar surface area (TPSA) is 63.2 Å². The SMILES string of the molecule is CSc1ccc(CC(=O)Nc2cccc3c2C(=O)c2ccccc2C3=O)cc1. The Morgan fingerprint density at radius 1 is 0.821 bits per heavy atom. The minimum absolute atomic E-state index is 0.192. The Morgan fingerprint density at radius 3 is 2.14 bits per heavy atom. The van der Waals surface area contributed by atoms with Crippen molar-refractivity contribution in [1.82, 2.24) is 0 Å². The molecule has 1 aliphatic carbocycles. The second kappa shape index (κ2) is 7.44. The molecule has 0 fully saturated rings. The van der Waals surface area contributed by atoms with E-state index in [1.165, 1.54) is 0 Å². The second-order valence-electron chi connectivity index (χ2n) is 6.50. The van der Waals surface area contributed by atoms with Gasteiger partial charge in [-0.1, -0.05) is 48.5 Å². The summed E-state index contributed by atoms with van der Waals surface area (Å²) in [5, 5.41) is 2.81. The molecular weight excluding hydrogens is 370 g/mol. The molecule has 0 aliphatic heterocycles. The number of benzene rings is 3. The van der Waals surface area contributed by atoms with Crippen molar-refractivity contribution in [2.75, 3.05) is 11.6 Å². The number of anilines is 1. The van der Waals surface area contributed by atoms with E-state index < -0.39 is 0 Å². The molecule has 0 unspecified atom stereocenters. The summed E-state index contributed by atoms with van der Waals surface area (Å²) in [6, 6.07) is 19.5. The van der Waals surface area contributed by atoms with E-state index in [9.17, 15) is 14.4 Å². The van der Waals surface area contributed by atoms with Crippen LogP contribution in [0.5, 0.6) is 0 Å². The van der Waals surface area contributed by atoms with Crippen LogP contribution in [0.25, 0.3) is 0 Å². The quantitative estimate of drug-likeness (QED) is 0.528. The van der Waals surface area contributed by atoms with Crippen LogP contribution in [-0.4, -0.2) is 23.7 Å². The van der Waals surface area contributed by atoms with Gasteiger partial charge in [-0.05, 0) is 30.0 Å². The van der Waals surface area contributed by atoms with Gasteiger partial charge in [0, 0.05) is 21.6 Å². The zero-order chi connectivity index (χ0) is 19.7. The van der Waals surface area contributed by atoms with E-state index >= 15 is 0 Å². The Balaban J connectivity index is 1.62. The third-order valence-electron chi connectivity index (χ3n) is 4.75. The van der Waals surface area contributed by atoms with Crippen LogP contribution >= 0.6 is 11.8 Å². The molecule has 3 aromatic carbocycles. The van der Waals surface area contributed by atoms with E-state index in [1.807, 2.05) is 30.5 Å². The van der Waals surface area contributed by atoms with Crippen molar-refractivity contribution < 1.29 is 14.4 Å². The normalized spacial score (nSPS) is 12.3. The first kappa shape index (κ1) is 18.2. The monoisotopic (exact) mass is 387 g/mol. The standard InChI is InChI=1S/C23H17NO3S/c1-28-15-11-9-14(10-12-15)13-20(25)24-19-8-4-7-18-21(19)23(27)17-6-3-2-5-16(17)22(18)26/h2-12H,13H2,1H3,(H,24,25). The molecular formula is C23H17NO3S. The Hall–Kier alpha value is -3.18. The summed E-state index contributed by atoms with van der Waals surface area (Å²) in [4.78, 5) is 39.4. The molecule has 0 spiro atoms. The fourth-order valence-electron chi connectivity index (χ4n) is 3.37. The predicted octanol–water partition coefficient (Wildman–Crippen LogP) is 4.37. The molecule has 0 saturated carbocycles. The third kappa shape index (κ3) is 3.25. The summed E-state index contributed by atoms with van der Waals surface area (Å²) >= 11 is 1.64. The van der Waals surface area contributed by atoms with Gasteiger partial charge in [-0.25, -0.2) is 0 Å². The molecule has 0 atom stereocenters. The van der Waals surface area contributed by atoms with Crippen LogP contribution in [0.4, 0.5) is 5.69 Å². The van der Waals surface area contributed by atoms with Crippen LogP contribution in [0, 0.1) is 0 Å². The zero-order valence-electron chi connectivity index (χ0n) is 15.2. The first-order valence-corrected chi connectivity index (χ1v) is 10.0. The largest absolute Gasteiger partial charge is 0.325 e. The van der Waals surface area contributed by atoms with Crippen molar-refractivity contribution in [2.45, 2.75) is 11.3 Å². The smallest absolute Gasteiger partial charge is 0.228 e. The van der Waals surface area contributed by atoms with E-state index in [0.717, 1.165) is 10.5 Å². The highest BCUT2D eigenvalue weighted by molar-refractivity contribution is 7.98. The molecule has 0 radical (unpaired) electrons. The van der Waals surface area contributed by atoms with E-state index in [2.05, 4.69) is 5.32 Å². The summed E-state index contributed by atoms with van der Waals surface area (Å²) in [6.07, 6.45) is 2.19. The lowest BCUT2D eigenvalue weighted by atomic mass is 9.83. The zero-order valence-corrected chi connectivity index (χ0v) is 16.0. The van der Waals surface area contributed by atoms with Gasteiger partial charge in [-0.15, -0.1) is 11.8 Å². The lowest BCUT2D eigenvalue weighted by Crippen LogP contribution is -2.24. The van der Waals surface area contributed by atoms with Gasteiger partial charge < -0.3 is 5.32 Å². The molecule has 138 valence electrons. The van der Waals surface area contributed by atoms with Crippen LogP contribution < -0.4 is 5.32 Å². The third-order valence-corrected chi connectivity index (χ3v) is 5.49. The van der Waals surface area contributed by atoms with Crippen LogP contribution in [-0.2, 0) is 11.2 Å². The van der Waals surface area contributed by atoms with Gasteiger partial charge in [0.2, 0.25) is 5.91 Å². The number of rotatable bonds is 4. The average Bonchev–Trinajstić information content (AvgIpc) is 2.72. The number of carbonyl (C=O) groups is 3. The van der Waals surface area contributed by atoms with Crippen molar-refractivity contribution in [1.29, 1.82) is 0 Å². The van der Waals surface area contributed by atoms with Crippen molar-refractivity contribution in [3.05, 3.63) is 94.5 Å². The lowest BCUT2D eigenvalue weighted by Gasteiger charge is -2.20. The van der Waals surface area contributed by atoms with Crippen molar-refractivity contribution in [2.24, 2.45) is 0 Å². The number of hydrogen-bond acceptors (Lipinski definition) is 4. The van der Waals surface area contributed by atoms with Crippen molar-refractivity contribution in [3.63, 3.8) is 0 Å². The number of nitrogens with one attached hydrogen (secondary N) is 1. The average molecular weight is 387 g/mol. The molecule has 4 rings (SSSR count). The van der Waals surface area contributed by atoms with Gasteiger partial charge in [0.25, 0.3) is 0 Å². The van der Waals surface area contributed by atoms with Gasteiger partial charge in [0.05, 0.1) is 17.7 Å². The van der Waals surface area contributed by atoms with Crippen LogP contribution in [0.2, 0.25) is 0 Å². The number of thioether (sulfide) groups is 1. The molecule has 1 N–H and O–H groups in total. The Morgan fingerprint density at radius 2 is 1.46 bits per heavy atom. The summed E-state index contributed by atoms with van der Waals surface area (Å²) in [5.74, 6) is -0.677. The number of amides is 1. The summed E-state index contributed by atoms with van der Waals surface area (Å²) in [5.41, 5.74) is 2.61. The van der Waals surface area contributed by atoms with Crippen LogP contribution in [0.3, 0.4) is 0 Å². The Labute approximate surface area is 167 Å². The highest BCUT2D eigenvalue weighted by Gasteiger charge is 2.31. The summed E-state index contributed by atoms with van der Waals surface area (Å²) in [6.45, 7) is 0. The first-order valence-electron chi connectivity index (χ1n) is 8.82. The lowest BCUT2D eigenvalue weighted by molar-refractivity contribution is -0.115. The molecule has 28 heavy (non-hydrogen) atoms. The highest BCUT2D eigenvalue weighted by Crippen LogP contribution is 2.32. The maximum absolute atomic E-state index is 13.0. The fourth-order valence-corrected chi connectivity index (χ4v) is 3.78. The molecule has 0 aromatic heterocycles. The molecule has 1 aliphatic rings. The van der Waals surface area contributed by atoms with Crippen LogP contribution in [0.15, 0.2) is 71.6 Å². The van der Waals surface area contributed by atoms with E-state index in [0.29, 0.717) is 22.4 Å². The summed E-state index contributed by atoms with van der Waals surface area (Å²) in [7, 11) is 0. The molecule has 3 aromatic rings. The van der Waals surface area contributed by atoms with Crippen LogP contribution in [0.1, 0.15) is 37.4 Å². The molecule has 1 amide bonds. The van der Waals surface area contributed by atoms with Crippen molar-refractivity contribution >= 4 is 34.9 Å². The molecule has 4 nitrogen and oxygen atoms in total. The molecule has 0 bridgehead atoms. The van der Waals surface area contributed by atoms with Gasteiger partial charge >= 0.3 is 0 Å². The van der Waals surface area contributed by atoms with Gasteiger partial charge in [0.1, 0.15) is 0 Å². The minimum atomic E-state index is -0.245. The maximum atomic E-state index is 13.0. The Bertz CT molecular complexity index is 1100. The summed E-state index contributed by atoms with van der Waals surface area (Å²) < 4.78 is 0. The van der Waals surface area contributed by atoms with Gasteiger partial charge in [-0.2, -0.15) is 0 Å². The predicted molar refractivity (Wildman–Crippen MR) is 110 cm³/mol. The second-order valence-corrected chi connectivity index (χ2v) is 7.38. The van der Waals surface area contributed by atoms with Crippen molar-refractivity contribution in [3.8, 4) is 0 Å². The number of ketones is 2. The number of hydrogen-bond donors (Lipinski definition) is 1. The minimum Gasteiger partial charge on any atom is -0.325 e. The Kier molecular flexibility index (Phi) is 4.84. The fraction of sp³-hybridized carbons (Fsp3) is 0.0870. The van der Waals surface area contributed by atoms with Gasteiger partial charge in [-0.3, -0.25) is 14.4 Å². The molecule has 0 heterocycles. The van der Waals surface area contributed by atoms with E-state index in [1.54, 1.807) is 54.2 Å². The first-order chi connectivity index (χ1) is 13.6.